The van der Waals surface area contributed by atoms with E-state index in [0.29, 0.717) is 25.6 Å². The molecule has 2 N–H and O–H groups in total. The molecule has 1 saturated carbocycles. The lowest BCUT2D eigenvalue weighted by atomic mass is 10.1. The molecule has 4 heteroatoms. The molecule has 0 saturated heterocycles. The molecule has 1 atom stereocenters. The number of methoxy groups -OCH3 is 1. The molecule has 1 unspecified atom stereocenters. The lowest BCUT2D eigenvalue weighted by molar-refractivity contribution is -0.134. The summed E-state index contributed by atoms with van der Waals surface area (Å²) >= 11 is 0. The molecule has 1 aliphatic rings. The summed E-state index contributed by atoms with van der Waals surface area (Å²) in [5.41, 5.74) is 6.75. The van der Waals surface area contributed by atoms with Crippen LogP contribution in [0.2, 0.25) is 0 Å². The highest BCUT2D eigenvalue weighted by Gasteiger charge is 2.33. The first-order valence-electron chi connectivity index (χ1n) is 6.81. The number of carbonyl (C=O) groups excluding carboxylic acids is 1. The molecule has 19 heavy (non-hydrogen) atoms. The van der Waals surface area contributed by atoms with Gasteiger partial charge in [-0.3, -0.25) is 4.79 Å². The maximum Gasteiger partial charge on any atom is 0.225 e. The standard InChI is InChI=1S/C15H22N2O2/c1-19-14(10-16)9-15(18)17(13-7-8-13)11-12-5-3-2-4-6-12/h2-6,13-14H,7-11,16H2,1H3. The number of hydrogen-bond donors (Lipinski definition) is 1. The second-order valence-corrected chi connectivity index (χ2v) is 5.04. The highest BCUT2D eigenvalue weighted by molar-refractivity contribution is 5.77. The average Bonchev–Trinajstić information content (AvgIpc) is 3.27. The first kappa shape index (κ1) is 14.0. The normalized spacial score (nSPS) is 16.1. The lowest BCUT2D eigenvalue weighted by Gasteiger charge is -2.24. The number of rotatable bonds is 7. The van der Waals surface area contributed by atoms with E-state index in [1.54, 1.807) is 7.11 Å². The quantitative estimate of drug-likeness (QED) is 0.811. The Morgan fingerprint density at radius 2 is 2.11 bits per heavy atom. The van der Waals surface area contributed by atoms with Gasteiger partial charge in [0.15, 0.2) is 0 Å². The predicted octanol–water partition coefficient (Wildman–Crippen LogP) is 1.54. The van der Waals surface area contributed by atoms with Crippen LogP contribution >= 0.6 is 0 Å². The van der Waals surface area contributed by atoms with Gasteiger partial charge in [-0.25, -0.2) is 0 Å². The average molecular weight is 262 g/mol. The van der Waals surface area contributed by atoms with Crippen molar-refractivity contribution in [3.63, 3.8) is 0 Å². The van der Waals surface area contributed by atoms with E-state index in [-0.39, 0.29) is 12.0 Å². The Labute approximate surface area is 114 Å². The van der Waals surface area contributed by atoms with Crippen LogP contribution in [-0.4, -0.2) is 36.6 Å². The van der Waals surface area contributed by atoms with Crippen LogP contribution in [0.15, 0.2) is 30.3 Å². The fourth-order valence-corrected chi connectivity index (χ4v) is 2.16. The van der Waals surface area contributed by atoms with Gasteiger partial charge < -0.3 is 15.4 Å². The van der Waals surface area contributed by atoms with Gasteiger partial charge in [-0.05, 0) is 18.4 Å². The van der Waals surface area contributed by atoms with Crippen LogP contribution in [0.4, 0.5) is 0 Å². The van der Waals surface area contributed by atoms with Crippen molar-refractivity contribution in [2.75, 3.05) is 13.7 Å². The number of benzene rings is 1. The Morgan fingerprint density at radius 3 is 2.63 bits per heavy atom. The number of nitrogens with two attached hydrogens (primary N) is 1. The Bertz CT molecular complexity index is 400. The molecule has 1 amide bonds. The second-order valence-electron chi connectivity index (χ2n) is 5.04. The molecule has 1 aromatic carbocycles. The molecule has 1 aromatic rings. The molecule has 1 aliphatic carbocycles. The van der Waals surface area contributed by atoms with Crippen LogP contribution in [0.3, 0.4) is 0 Å². The summed E-state index contributed by atoms with van der Waals surface area (Å²) in [5.74, 6) is 0.142. The third kappa shape index (κ3) is 4.04. The van der Waals surface area contributed by atoms with Crippen LogP contribution in [0.1, 0.15) is 24.8 Å². The van der Waals surface area contributed by atoms with E-state index in [4.69, 9.17) is 10.5 Å². The fourth-order valence-electron chi connectivity index (χ4n) is 2.16. The van der Waals surface area contributed by atoms with E-state index in [9.17, 15) is 4.79 Å². The highest BCUT2D eigenvalue weighted by Crippen LogP contribution is 2.29. The van der Waals surface area contributed by atoms with Gasteiger partial charge in [0, 0.05) is 26.2 Å². The number of hydrogen-bond acceptors (Lipinski definition) is 3. The van der Waals surface area contributed by atoms with E-state index in [1.165, 1.54) is 5.56 Å². The molecule has 0 bridgehead atoms. The van der Waals surface area contributed by atoms with Gasteiger partial charge in [0.25, 0.3) is 0 Å². The molecule has 0 aromatic heterocycles. The van der Waals surface area contributed by atoms with Crippen molar-refractivity contribution < 1.29 is 9.53 Å². The number of ether oxygens (including phenoxy) is 1. The largest absolute Gasteiger partial charge is 0.380 e. The molecule has 0 radical (unpaired) electrons. The molecule has 2 rings (SSSR count). The molecule has 104 valence electrons. The Kier molecular flexibility index (Phi) is 4.93. The first-order valence-corrected chi connectivity index (χ1v) is 6.81. The molecule has 4 nitrogen and oxygen atoms in total. The summed E-state index contributed by atoms with van der Waals surface area (Å²) in [6.07, 6.45) is 2.41. The Balaban J connectivity index is 1.98. The predicted molar refractivity (Wildman–Crippen MR) is 74.5 cm³/mol. The lowest BCUT2D eigenvalue weighted by Crippen LogP contribution is -2.37. The third-order valence-corrected chi connectivity index (χ3v) is 3.50. The summed E-state index contributed by atoms with van der Waals surface area (Å²) in [6, 6.07) is 10.5. The summed E-state index contributed by atoms with van der Waals surface area (Å²) in [5, 5.41) is 0. The minimum absolute atomic E-state index is 0.142. The summed E-state index contributed by atoms with van der Waals surface area (Å²) in [7, 11) is 1.60. The topological polar surface area (TPSA) is 55.6 Å². The van der Waals surface area contributed by atoms with Crippen LogP contribution in [0, 0.1) is 0 Å². The van der Waals surface area contributed by atoms with Crippen LogP contribution < -0.4 is 5.73 Å². The van der Waals surface area contributed by atoms with Gasteiger partial charge in [0.1, 0.15) is 0 Å². The van der Waals surface area contributed by atoms with Gasteiger partial charge >= 0.3 is 0 Å². The van der Waals surface area contributed by atoms with Crippen LogP contribution in [0.5, 0.6) is 0 Å². The van der Waals surface area contributed by atoms with Crippen LogP contribution in [-0.2, 0) is 16.1 Å². The van der Waals surface area contributed by atoms with E-state index in [0.717, 1.165) is 12.8 Å². The molecular weight excluding hydrogens is 240 g/mol. The van der Waals surface area contributed by atoms with Gasteiger partial charge in [0.2, 0.25) is 5.91 Å². The van der Waals surface area contributed by atoms with E-state index >= 15 is 0 Å². The smallest absolute Gasteiger partial charge is 0.225 e. The molecule has 0 heterocycles. The summed E-state index contributed by atoms with van der Waals surface area (Å²) in [6.45, 7) is 1.07. The molecule has 1 fully saturated rings. The van der Waals surface area contributed by atoms with E-state index < -0.39 is 0 Å². The number of carbonyl (C=O) groups is 1. The molecule has 0 spiro atoms. The van der Waals surface area contributed by atoms with Crippen LogP contribution in [0.25, 0.3) is 0 Å². The zero-order valence-corrected chi connectivity index (χ0v) is 11.4. The van der Waals surface area contributed by atoms with Crippen molar-refractivity contribution in [1.82, 2.24) is 4.90 Å². The van der Waals surface area contributed by atoms with Crippen molar-refractivity contribution in [2.24, 2.45) is 5.73 Å². The Hall–Kier alpha value is -1.39. The zero-order valence-electron chi connectivity index (χ0n) is 11.4. The van der Waals surface area contributed by atoms with Gasteiger partial charge in [-0.1, -0.05) is 30.3 Å². The van der Waals surface area contributed by atoms with Crippen molar-refractivity contribution in [3.05, 3.63) is 35.9 Å². The second kappa shape index (κ2) is 6.68. The van der Waals surface area contributed by atoms with E-state index in [2.05, 4.69) is 12.1 Å². The first-order chi connectivity index (χ1) is 9.24. The summed E-state index contributed by atoms with van der Waals surface area (Å²) in [4.78, 5) is 14.3. The van der Waals surface area contributed by atoms with Crippen molar-refractivity contribution in [1.29, 1.82) is 0 Å². The van der Waals surface area contributed by atoms with Gasteiger partial charge in [-0.15, -0.1) is 0 Å². The minimum Gasteiger partial charge on any atom is -0.380 e. The third-order valence-electron chi connectivity index (χ3n) is 3.50. The molecular formula is C15H22N2O2. The highest BCUT2D eigenvalue weighted by atomic mass is 16.5. The monoisotopic (exact) mass is 262 g/mol. The Morgan fingerprint density at radius 1 is 1.42 bits per heavy atom. The van der Waals surface area contributed by atoms with Gasteiger partial charge in [0.05, 0.1) is 12.5 Å². The van der Waals surface area contributed by atoms with Crippen molar-refractivity contribution in [2.45, 2.75) is 38.0 Å². The fraction of sp³-hybridized carbons (Fsp3) is 0.533. The van der Waals surface area contributed by atoms with Gasteiger partial charge in [-0.2, -0.15) is 0 Å². The minimum atomic E-state index is -0.176. The number of nitrogens with zero attached hydrogens (tertiary/aromatic N) is 1. The maximum absolute atomic E-state index is 12.3. The van der Waals surface area contributed by atoms with Crippen molar-refractivity contribution in [3.8, 4) is 0 Å². The SMILES string of the molecule is COC(CN)CC(=O)N(Cc1ccccc1)C1CC1. The zero-order chi connectivity index (χ0) is 13.7. The van der Waals surface area contributed by atoms with E-state index in [1.807, 2.05) is 23.1 Å². The summed E-state index contributed by atoms with van der Waals surface area (Å²) < 4.78 is 5.20. The number of amides is 1. The maximum atomic E-state index is 12.3. The van der Waals surface area contributed by atoms with Crippen molar-refractivity contribution >= 4 is 5.91 Å². The molecule has 0 aliphatic heterocycles.